The van der Waals surface area contributed by atoms with E-state index in [4.69, 9.17) is 34.7 Å². The van der Waals surface area contributed by atoms with E-state index in [1.165, 1.54) is 12.1 Å². The number of aromatic nitrogens is 2. The standard InChI is InChI=1S/C20H29Cl2N7O3S/c1-29(2,13-11-25-20(30)16-18(23)28-19(24)17(22)27-16)12-5-3-4-10-26-33(31,32)15-8-6-14(21)7-9-15/h6-9,26H,3-5,10-13H2,1-2H3,(H4-,23,24,25,28,30)/p+1. The van der Waals surface area contributed by atoms with Crippen LogP contribution in [-0.2, 0) is 10.0 Å². The lowest BCUT2D eigenvalue weighted by atomic mass is 10.2. The van der Waals surface area contributed by atoms with Crippen LogP contribution < -0.4 is 21.5 Å². The zero-order valence-corrected chi connectivity index (χ0v) is 21.0. The molecule has 0 atom stereocenters. The average Bonchev–Trinajstić information content (AvgIpc) is 2.73. The van der Waals surface area contributed by atoms with Gasteiger partial charge < -0.3 is 21.3 Å². The Hall–Kier alpha value is -2.18. The fourth-order valence-electron chi connectivity index (χ4n) is 3.02. The molecule has 0 bridgehead atoms. The van der Waals surface area contributed by atoms with Crippen LogP contribution in [0.2, 0.25) is 10.2 Å². The van der Waals surface area contributed by atoms with E-state index in [0.717, 1.165) is 25.8 Å². The molecule has 10 nitrogen and oxygen atoms in total. The number of likely N-dealkylation sites (N-methyl/N-ethyl adjacent to an activating group) is 1. The molecule has 2 aromatic rings. The fourth-order valence-corrected chi connectivity index (χ4v) is 4.35. The molecule has 0 aliphatic heterocycles. The Morgan fingerprint density at radius 1 is 0.970 bits per heavy atom. The molecule has 1 amide bonds. The van der Waals surface area contributed by atoms with Gasteiger partial charge in [-0.05, 0) is 43.5 Å². The first-order chi connectivity index (χ1) is 15.4. The number of nitrogens with zero attached hydrogens (tertiary/aromatic N) is 3. The van der Waals surface area contributed by atoms with E-state index in [9.17, 15) is 13.2 Å². The lowest BCUT2D eigenvalue weighted by molar-refractivity contribution is -0.889. The summed E-state index contributed by atoms with van der Waals surface area (Å²) in [5.41, 5.74) is 11.2. The Kier molecular flexibility index (Phi) is 9.68. The third-order valence-corrected chi connectivity index (χ3v) is 6.99. The van der Waals surface area contributed by atoms with E-state index < -0.39 is 15.9 Å². The maximum Gasteiger partial charge on any atom is 0.273 e. The van der Waals surface area contributed by atoms with E-state index >= 15 is 0 Å². The van der Waals surface area contributed by atoms with Gasteiger partial charge in [0, 0.05) is 11.6 Å². The minimum Gasteiger partial charge on any atom is -0.382 e. The molecule has 0 aliphatic rings. The second-order valence-electron chi connectivity index (χ2n) is 8.18. The van der Waals surface area contributed by atoms with Crippen LogP contribution in [0.5, 0.6) is 0 Å². The monoisotopic (exact) mass is 518 g/mol. The fraction of sp³-hybridized carbons (Fsp3) is 0.450. The molecule has 6 N–H and O–H groups in total. The van der Waals surface area contributed by atoms with Crippen LogP contribution in [0.25, 0.3) is 0 Å². The summed E-state index contributed by atoms with van der Waals surface area (Å²) < 4.78 is 27.8. The highest BCUT2D eigenvalue weighted by Crippen LogP contribution is 2.17. The number of unbranched alkanes of at least 4 members (excludes halogenated alkanes) is 2. The number of benzene rings is 1. The van der Waals surface area contributed by atoms with Gasteiger partial charge in [0.1, 0.15) is 0 Å². The lowest BCUT2D eigenvalue weighted by Gasteiger charge is -2.30. The van der Waals surface area contributed by atoms with Crippen LogP contribution in [0.15, 0.2) is 29.2 Å². The number of nitrogen functional groups attached to an aromatic ring is 2. The third kappa shape index (κ3) is 8.59. The van der Waals surface area contributed by atoms with Crippen LogP contribution in [0, 0.1) is 0 Å². The number of sulfonamides is 1. The first-order valence-corrected chi connectivity index (χ1v) is 12.6. The molecule has 1 heterocycles. The van der Waals surface area contributed by atoms with Crippen LogP contribution in [0.1, 0.15) is 29.8 Å². The van der Waals surface area contributed by atoms with E-state index in [2.05, 4.69) is 34.1 Å². The zero-order chi connectivity index (χ0) is 24.6. The van der Waals surface area contributed by atoms with Crippen molar-refractivity contribution in [2.24, 2.45) is 0 Å². The zero-order valence-electron chi connectivity index (χ0n) is 18.6. The second-order valence-corrected chi connectivity index (χ2v) is 10.7. The van der Waals surface area contributed by atoms with Crippen LogP contribution in [0.4, 0.5) is 11.6 Å². The van der Waals surface area contributed by atoms with Gasteiger partial charge in [0.2, 0.25) is 10.0 Å². The Morgan fingerprint density at radius 2 is 1.64 bits per heavy atom. The maximum absolute atomic E-state index is 12.3. The van der Waals surface area contributed by atoms with Gasteiger partial charge in [0.25, 0.3) is 5.91 Å². The topological polar surface area (TPSA) is 153 Å². The number of anilines is 2. The molecule has 0 radical (unpaired) electrons. The summed E-state index contributed by atoms with van der Waals surface area (Å²) in [6.07, 6.45) is 2.50. The third-order valence-electron chi connectivity index (χ3n) is 4.98. The second kappa shape index (κ2) is 11.8. The largest absolute Gasteiger partial charge is 0.382 e. The van der Waals surface area contributed by atoms with E-state index in [0.29, 0.717) is 29.1 Å². The molecule has 2 rings (SSSR count). The van der Waals surface area contributed by atoms with E-state index in [1.807, 2.05) is 0 Å². The van der Waals surface area contributed by atoms with Gasteiger partial charge in [-0.2, -0.15) is 0 Å². The number of amides is 1. The molecule has 33 heavy (non-hydrogen) atoms. The molecule has 0 aliphatic carbocycles. The number of carbonyl (C=O) groups excluding carboxylic acids is 1. The van der Waals surface area contributed by atoms with Crippen LogP contribution in [-0.4, -0.2) is 69.1 Å². The van der Waals surface area contributed by atoms with Gasteiger partial charge in [-0.25, -0.2) is 23.1 Å². The number of carbonyl (C=O) groups is 1. The summed E-state index contributed by atoms with van der Waals surface area (Å²) in [7, 11) is 0.588. The molecule has 0 saturated heterocycles. The van der Waals surface area contributed by atoms with Gasteiger partial charge in [-0.3, -0.25) is 4.79 Å². The maximum atomic E-state index is 12.3. The molecule has 13 heteroatoms. The van der Waals surface area contributed by atoms with Crippen molar-refractivity contribution in [2.45, 2.75) is 24.2 Å². The Balaban J connectivity index is 1.67. The highest BCUT2D eigenvalue weighted by molar-refractivity contribution is 7.89. The van der Waals surface area contributed by atoms with Crippen molar-refractivity contribution in [3.63, 3.8) is 0 Å². The number of nitrogens with two attached hydrogens (primary N) is 2. The summed E-state index contributed by atoms with van der Waals surface area (Å²) in [5, 5.41) is 3.19. The van der Waals surface area contributed by atoms with Gasteiger partial charge in [0.15, 0.2) is 22.5 Å². The number of hydrogen-bond acceptors (Lipinski definition) is 7. The van der Waals surface area contributed by atoms with Crippen molar-refractivity contribution in [1.82, 2.24) is 20.0 Å². The molecular weight excluding hydrogens is 489 g/mol. The van der Waals surface area contributed by atoms with Gasteiger partial charge >= 0.3 is 0 Å². The van der Waals surface area contributed by atoms with Crippen molar-refractivity contribution < 1.29 is 17.7 Å². The van der Waals surface area contributed by atoms with Crippen LogP contribution in [0.3, 0.4) is 0 Å². The average molecular weight is 519 g/mol. The van der Waals surface area contributed by atoms with Gasteiger partial charge in [-0.1, -0.05) is 23.2 Å². The molecule has 0 spiro atoms. The summed E-state index contributed by atoms with van der Waals surface area (Å²) in [4.78, 5) is 20.2. The number of hydrogen-bond donors (Lipinski definition) is 4. The predicted molar refractivity (Wildman–Crippen MR) is 131 cm³/mol. The SMILES string of the molecule is C[N+](C)(CCCCCNS(=O)(=O)c1ccc(Cl)cc1)CCNC(=O)c1nc(Cl)c(N)nc1N. The summed E-state index contributed by atoms with van der Waals surface area (Å²) in [6, 6.07) is 6.05. The Labute approximate surface area is 204 Å². The van der Waals surface area contributed by atoms with Crippen molar-refractivity contribution in [3.05, 3.63) is 40.1 Å². The van der Waals surface area contributed by atoms with Crippen molar-refractivity contribution in [2.75, 3.05) is 51.7 Å². The molecule has 1 aromatic heterocycles. The van der Waals surface area contributed by atoms with Crippen molar-refractivity contribution >= 4 is 50.8 Å². The van der Waals surface area contributed by atoms with Crippen molar-refractivity contribution in [1.29, 1.82) is 0 Å². The smallest absolute Gasteiger partial charge is 0.273 e. The Bertz CT molecular complexity index is 1060. The first-order valence-electron chi connectivity index (χ1n) is 10.4. The highest BCUT2D eigenvalue weighted by Gasteiger charge is 2.19. The van der Waals surface area contributed by atoms with E-state index in [-0.39, 0.29) is 27.4 Å². The molecule has 182 valence electrons. The number of rotatable bonds is 12. The molecule has 0 unspecified atom stereocenters. The molecule has 1 aromatic carbocycles. The molecule has 0 saturated carbocycles. The molecular formula is C20H30Cl2N7O3S+. The minimum absolute atomic E-state index is 0.0266. The lowest BCUT2D eigenvalue weighted by Crippen LogP contribution is -2.46. The number of quaternary nitrogens is 1. The van der Waals surface area contributed by atoms with Crippen LogP contribution >= 0.6 is 23.2 Å². The van der Waals surface area contributed by atoms with Gasteiger partial charge in [0.05, 0.1) is 38.6 Å². The van der Waals surface area contributed by atoms with Crippen molar-refractivity contribution in [3.8, 4) is 0 Å². The quantitative estimate of drug-likeness (QED) is 0.247. The summed E-state index contributed by atoms with van der Waals surface area (Å²) >= 11 is 11.6. The molecule has 0 fully saturated rings. The predicted octanol–water partition coefficient (Wildman–Crippen LogP) is 1.90. The summed E-state index contributed by atoms with van der Waals surface area (Å²) in [5.74, 6) is -0.564. The highest BCUT2D eigenvalue weighted by atomic mass is 35.5. The minimum atomic E-state index is -3.53. The normalized spacial score (nSPS) is 12.0. The summed E-state index contributed by atoms with van der Waals surface area (Å²) in [6.45, 7) is 2.33. The van der Waals surface area contributed by atoms with Gasteiger partial charge in [-0.15, -0.1) is 0 Å². The van der Waals surface area contributed by atoms with E-state index in [1.54, 1.807) is 12.1 Å². The number of nitrogens with one attached hydrogen (secondary N) is 2. The first kappa shape index (κ1) is 27.1. The number of halogens is 2. The Morgan fingerprint density at radius 3 is 2.30 bits per heavy atom.